The molecule has 0 bridgehead atoms. The predicted octanol–water partition coefficient (Wildman–Crippen LogP) is -0.0202. The summed E-state index contributed by atoms with van der Waals surface area (Å²) in [6, 6.07) is 0. The second-order valence-electron chi connectivity index (χ2n) is 2.05. The average molecular weight is 148 g/mol. The van der Waals surface area contributed by atoms with Crippen molar-refractivity contribution in [2.45, 2.75) is 6.10 Å². The lowest BCUT2D eigenvalue weighted by molar-refractivity contribution is -0.300. The molecular formula is C6H12O4. The van der Waals surface area contributed by atoms with Gasteiger partial charge < -0.3 is 9.47 Å². The molecule has 0 radical (unpaired) electrons. The Morgan fingerprint density at radius 1 is 1.40 bits per heavy atom. The third-order valence-corrected chi connectivity index (χ3v) is 1.11. The lowest BCUT2D eigenvalue weighted by Gasteiger charge is -1.99. The van der Waals surface area contributed by atoms with E-state index in [1.165, 1.54) is 0 Å². The van der Waals surface area contributed by atoms with Gasteiger partial charge in [-0.05, 0) is 0 Å². The Kier molecular flexibility index (Phi) is 3.67. The fraction of sp³-hybridized carbons (Fsp3) is 1.00. The van der Waals surface area contributed by atoms with Gasteiger partial charge in [-0.15, -0.1) is 0 Å². The first-order valence-electron chi connectivity index (χ1n) is 3.28. The highest BCUT2D eigenvalue weighted by molar-refractivity contribution is 4.65. The summed E-state index contributed by atoms with van der Waals surface area (Å²) in [6.45, 7) is 2.37. The lowest BCUT2D eigenvalue weighted by atomic mass is 10.5. The first kappa shape index (κ1) is 7.94. The molecule has 1 rings (SSSR count). The van der Waals surface area contributed by atoms with Gasteiger partial charge in [0.05, 0.1) is 13.2 Å². The Labute approximate surface area is 59.9 Å². The molecule has 1 saturated heterocycles. The van der Waals surface area contributed by atoms with Gasteiger partial charge in [-0.1, -0.05) is 0 Å². The van der Waals surface area contributed by atoms with Crippen LogP contribution in [0.25, 0.3) is 0 Å². The number of hydrogen-bond donors (Lipinski definition) is 0. The minimum absolute atomic E-state index is 0.266. The summed E-state index contributed by atoms with van der Waals surface area (Å²) in [5.41, 5.74) is 0. The topological polar surface area (TPSA) is 40.2 Å². The van der Waals surface area contributed by atoms with Crippen LogP contribution in [0.4, 0.5) is 0 Å². The lowest BCUT2D eigenvalue weighted by Crippen LogP contribution is -2.06. The summed E-state index contributed by atoms with van der Waals surface area (Å²) in [7, 11) is 1.62. The third-order valence-electron chi connectivity index (χ3n) is 1.11. The molecule has 0 aliphatic carbocycles. The highest BCUT2D eigenvalue weighted by Gasteiger charge is 2.22. The van der Waals surface area contributed by atoms with E-state index in [-0.39, 0.29) is 6.10 Å². The van der Waals surface area contributed by atoms with Crippen LogP contribution >= 0.6 is 0 Å². The van der Waals surface area contributed by atoms with Gasteiger partial charge in [0.1, 0.15) is 19.3 Å². The van der Waals surface area contributed by atoms with Crippen LogP contribution in [0, 0.1) is 0 Å². The van der Waals surface area contributed by atoms with Gasteiger partial charge >= 0.3 is 0 Å². The number of hydrogen-bond acceptors (Lipinski definition) is 4. The van der Waals surface area contributed by atoms with E-state index in [0.29, 0.717) is 19.8 Å². The van der Waals surface area contributed by atoms with Crippen LogP contribution in [-0.4, -0.2) is 39.6 Å². The van der Waals surface area contributed by atoms with Crippen LogP contribution in [0.5, 0.6) is 0 Å². The molecule has 0 amide bonds. The molecular weight excluding hydrogens is 136 g/mol. The summed E-state index contributed by atoms with van der Waals surface area (Å²) in [4.78, 5) is 9.47. The van der Waals surface area contributed by atoms with Gasteiger partial charge in [-0.2, -0.15) is 0 Å². The van der Waals surface area contributed by atoms with Gasteiger partial charge in [0.25, 0.3) is 0 Å². The van der Waals surface area contributed by atoms with Crippen molar-refractivity contribution < 1.29 is 19.2 Å². The Hall–Kier alpha value is -0.160. The van der Waals surface area contributed by atoms with Gasteiger partial charge in [-0.3, -0.25) is 0 Å². The summed E-state index contributed by atoms with van der Waals surface area (Å²) >= 11 is 0. The number of epoxide rings is 1. The Morgan fingerprint density at radius 3 is 2.80 bits per heavy atom. The SMILES string of the molecule is COCCOOCC1CO1. The van der Waals surface area contributed by atoms with Gasteiger partial charge in [0.2, 0.25) is 0 Å². The Bertz CT molecular complexity index is 81.8. The summed E-state index contributed by atoms with van der Waals surface area (Å²) in [6.07, 6.45) is 0.266. The van der Waals surface area contributed by atoms with E-state index >= 15 is 0 Å². The standard InChI is InChI=1S/C6H12O4/c1-7-2-3-9-10-5-6-4-8-6/h6H,2-5H2,1H3. The molecule has 0 aromatic carbocycles. The monoisotopic (exact) mass is 148 g/mol. The first-order valence-corrected chi connectivity index (χ1v) is 3.28. The largest absolute Gasteiger partial charge is 0.382 e. The average Bonchev–Trinajstić information content (AvgIpc) is 2.71. The highest BCUT2D eigenvalue weighted by Crippen LogP contribution is 2.08. The van der Waals surface area contributed by atoms with E-state index in [2.05, 4.69) is 0 Å². The molecule has 1 fully saturated rings. The highest BCUT2D eigenvalue weighted by atomic mass is 17.2. The molecule has 1 heterocycles. The Morgan fingerprint density at radius 2 is 2.20 bits per heavy atom. The van der Waals surface area contributed by atoms with Crippen LogP contribution < -0.4 is 0 Å². The number of rotatable bonds is 6. The smallest absolute Gasteiger partial charge is 0.111 e. The summed E-state index contributed by atoms with van der Waals surface area (Å²) in [5.74, 6) is 0. The zero-order valence-electron chi connectivity index (χ0n) is 6.04. The van der Waals surface area contributed by atoms with Crippen LogP contribution in [-0.2, 0) is 19.2 Å². The molecule has 0 aromatic heterocycles. The first-order chi connectivity index (χ1) is 4.93. The van der Waals surface area contributed by atoms with Crippen LogP contribution in [0.15, 0.2) is 0 Å². The molecule has 1 unspecified atom stereocenters. The summed E-state index contributed by atoms with van der Waals surface area (Å²) in [5, 5.41) is 0. The molecule has 0 spiro atoms. The van der Waals surface area contributed by atoms with Crippen LogP contribution in [0.3, 0.4) is 0 Å². The van der Waals surface area contributed by atoms with E-state index in [0.717, 1.165) is 6.61 Å². The third kappa shape index (κ3) is 3.79. The molecule has 1 atom stereocenters. The van der Waals surface area contributed by atoms with E-state index < -0.39 is 0 Å². The zero-order valence-corrected chi connectivity index (χ0v) is 6.04. The molecule has 0 N–H and O–H groups in total. The molecule has 1 aliphatic rings. The van der Waals surface area contributed by atoms with Crippen molar-refractivity contribution in [3.05, 3.63) is 0 Å². The minimum atomic E-state index is 0.266. The van der Waals surface area contributed by atoms with E-state index in [9.17, 15) is 0 Å². The number of ether oxygens (including phenoxy) is 2. The van der Waals surface area contributed by atoms with E-state index in [1.807, 2.05) is 0 Å². The molecule has 4 nitrogen and oxygen atoms in total. The molecule has 60 valence electrons. The minimum Gasteiger partial charge on any atom is -0.382 e. The summed E-state index contributed by atoms with van der Waals surface area (Å²) < 4.78 is 9.61. The second-order valence-corrected chi connectivity index (χ2v) is 2.05. The van der Waals surface area contributed by atoms with Crippen LogP contribution in [0.2, 0.25) is 0 Å². The van der Waals surface area contributed by atoms with Crippen molar-refractivity contribution >= 4 is 0 Å². The molecule has 1 aliphatic heterocycles. The van der Waals surface area contributed by atoms with Crippen molar-refractivity contribution in [3.8, 4) is 0 Å². The maximum atomic E-state index is 4.88. The van der Waals surface area contributed by atoms with Gasteiger partial charge in [0, 0.05) is 7.11 Å². The predicted molar refractivity (Wildman–Crippen MR) is 33.5 cm³/mol. The Balaban J connectivity index is 1.68. The quantitative estimate of drug-likeness (QED) is 0.230. The van der Waals surface area contributed by atoms with Crippen molar-refractivity contribution in [1.29, 1.82) is 0 Å². The van der Waals surface area contributed by atoms with Gasteiger partial charge in [-0.25, -0.2) is 9.78 Å². The molecule has 10 heavy (non-hydrogen) atoms. The molecule has 4 heteroatoms. The number of methoxy groups -OCH3 is 1. The van der Waals surface area contributed by atoms with Crippen molar-refractivity contribution in [2.75, 3.05) is 33.5 Å². The molecule has 0 aromatic rings. The fourth-order valence-electron chi connectivity index (χ4n) is 0.465. The normalized spacial score (nSPS) is 23.1. The second kappa shape index (κ2) is 4.62. The van der Waals surface area contributed by atoms with E-state index in [4.69, 9.17) is 19.2 Å². The molecule has 0 saturated carbocycles. The van der Waals surface area contributed by atoms with Crippen LogP contribution in [0.1, 0.15) is 0 Å². The maximum absolute atomic E-state index is 4.88. The van der Waals surface area contributed by atoms with Crippen molar-refractivity contribution in [1.82, 2.24) is 0 Å². The maximum Gasteiger partial charge on any atom is 0.111 e. The zero-order chi connectivity index (χ0) is 7.23. The van der Waals surface area contributed by atoms with E-state index in [1.54, 1.807) is 7.11 Å². The van der Waals surface area contributed by atoms with Crippen molar-refractivity contribution in [3.63, 3.8) is 0 Å². The van der Waals surface area contributed by atoms with Crippen molar-refractivity contribution in [2.24, 2.45) is 0 Å². The van der Waals surface area contributed by atoms with Gasteiger partial charge in [0.15, 0.2) is 0 Å². The fourth-order valence-corrected chi connectivity index (χ4v) is 0.465.